The molecule has 4 aromatic carbocycles. The summed E-state index contributed by atoms with van der Waals surface area (Å²) in [5, 5.41) is 110. The Morgan fingerprint density at radius 1 is 0.471 bits per heavy atom. The topological polar surface area (TPSA) is 446 Å². The largest absolute Gasteiger partial charge is 0.504 e. The Balaban J connectivity index is 1.36. The van der Waals surface area contributed by atoms with Gasteiger partial charge < -0.3 is 98.6 Å². The van der Waals surface area contributed by atoms with E-state index >= 15 is 0 Å². The van der Waals surface area contributed by atoms with E-state index in [0.717, 1.165) is 48.5 Å². The van der Waals surface area contributed by atoms with Gasteiger partial charge >= 0.3 is 0 Å². The van der Waals surface area contributed by atoms with Gasteiger partial charge in [-0.1, -0.05) is 6.42 Å². The van der Waals surface area contributed by atoms with Crippen molar-refractivity contribution in [2.45, 2.75) is 44.2 Å². The van der Waals surface area contributed by atoms with Crippen LogP contribution in [-0.4, -0.2) is 222 Å². The molecule has 12 aliphatic heterocycles. The first-order valence-corrected chi connectivity index (χ1v) is 27.5. The van der Waals surface area contributed by atoms with Crippen molar-refractivity contribution < 1.29 is 88.7 Å². The molecule has 4 aromatic rings. The summed E-state index contributed by atoms with van der Waals surface area (Å²) in [7, 11) is 1.50. The van der Waals surface area contributed by atoms with Crippen LogP contribution in [0.25, 0.3) is 0 Å². The monoisotopic (exact) mass is 1190 g/mol. The van der Waals surface area contributed by atoms with Crippen LogP contribution in [0, 0.1) is 0 Å². The zero-order valence-corrected chi connectivity index (χ0v) is 46.8. The van der Waals surface area contributed by atoms with Crippen LogP contribution in [0.1, 0.15) is 115 Å². The number of unbranched alkanes of at least 4 members (excludes halogenated alkanes) is 1. The Bertz CT molecular complexity index is 3090. The van der Waals surface area contributed by atoms with Gasteiger partial charge in [0, 0.05) is 97.7 Å². The van der Waals surface area contributed by atoms with Gasteiger partial charge in [-0.05, 0) is 80.8 Å². The van der Waals surface area contributed by atoms with Gasteiger partial charge in [-0.15, -0.1) is 0 Å². The summed E-state index contributed by atoms with van der Waals surface area (Å²) in [6.45, 7) is 0.182. The first-order valence-electron chi connectivity index (χ1n) is 27.5. The van der Waals surface area contributed by atoms with Gasteiger partial charge in [-0.3, -0.25) is 48.2 Å². The second kappa shape index (κ2) is 31.5. The van der Waals surface area contributed by atoms with Crippen molar-refractivity contribution in [1.82, 2.24) is 52.3 Å². The average Bonchev–Trinajstić information content (AvgIpc) is 3.63. The number of carbonyl (C=O) groups is 8. The Morgan fingerprint density at radius 2 is 0.824 bits per heavy atom. The van der Waals surface area contributed by atoms with E-state index in [1.807, 2.05) is 0 Å². The molecule has 2 unspecified atom stereocenters. The summed E-state index contributed by atoms with van der Waals surface area (Å²) in [6.07, 6.45) is 1.27. The van der Waals surface area contributed by atoms with E-state index in [1.165, 1.54) is 7.11 Å². The lowest BCUT2D eigenvalue weighted by Crippen LogP contribution is -2.51. The van der Waals surface area contributed by atoms with Crippen LogP contribution in [-0.2, 0) is 9.47 Å². The molecule has 0 fully saturated rings. The zero-order valence-electron chi connectivity index (χ0n) is 46.8. The van der Waals surface area contributed by atoms with Crippen molar-refractivity contribution in [3.8, 4) is 46.0 Å². The molecule has 8 bridgehead atoms. The van der Waals surface area contributed by atoms with Gasteiger partial charge in [0.25, 0.3) is 47.3 Å². The Labute approximate surface area is 487 Å². The first-order chi connectivity index (χ1) is 40.7. The molecule has 0 spiro atoms. The fraction of sp³-hybridized carbons (Fsp3) is 0.429. The first kappa shape index (κ1) is 65.0. The minimum Gasteiger partial charge on any atom is -0.504 e. The number of methoxy groups -OCH3 is 1. The fourth-order valence-electron chi connectivity index (χ4n) is 9.39. The smallest absolute Gasteiger partial charge is 0.255 e. The Morgan fingerprint density at radius 3 is 1.20 bits per heavy atom. The van der Waals surface area contributed by atoms with Gasteiger partial charge in [0.1, 0.15) is 0 Å². The van der Waals surface area contributed by atoms with Crippen LogP contribution in [0.2, 0.25) is 0 Å². The summed E-state index contributed by atoms with van der Waals surface area (Å²) >= 11 is 0. The SMILES string of the molecule is COCCOCCNC(=O)c1ccc(C(=O)NCCC[C@H]2CN3CCNC(=O)c4ccc(c(O)c4O)C(=O)NCCN(CCNC(=O)c4ccc(c(O)c4O)C(=O)N[C@@H](CCCCN)C3)CCNC(=O)c3ccc(c(O)c3O)C(=O)N2)c(O)c1O. The molecule has 12 heterocycles. The van der Waals surface area contributed by atoms with Crippen molar-refractivity contribution in [2.24, 2.45) is 5.73 Å². The maximum absolute atomic E-state index is 14.3. The number of nitrogens with one attached hydrogen (secondary N) is 8. The summed E-state index contributed by atoms with van der Waals surface area (Å²) in [5.74, 6) is -14.0. The lowest BCUT2D eigenvalue weighted by molar-refractivity contribution is 0.0692. The van der Waals surface area contributed by atoms with Crippen molar-refractivity contribution in [3.63, 3.8) is 0 Å². The van der Waals surface area contributed by atoms with Crippen LogP contribution in [0.15, 0.2) is 48.5 Å². The van der Waals surface area contributed by atoms with Gasteiger partial charge in [0.15, 0.2) is 46.0 Å². The number of hydrogen-bond acceptors (Lipinski definition) is 21. The predicted octanol–water partition coefficient (Wildman–Crippen LogP) is -0.789. The number of benzene rings is 4. The third-order valence-corrected chi connectivity index (χ3v) is 14.0. The molecule has 18 N–H and O–H groups in total. The van der Waals surface area contributed by atoms with Crippen LogP contribution < -0.4 is 48.3 Å². The molecule has 0 saturated carbocycles. The highest BCUT2D eigenvalue weighted by atomic mass is 16.5. The summed E-state index contributed by atoms with van der Waals surface area (Å²) in [5.41, 5.74) is 2.73. The number of carbonyl (C=O) groups excluding carboxylic acids is 8. The number of amides is 8. The van der Waals surface area contributed by atoms with E-state index in [4.69, 9.17) is 15.2 Å². The highest BCUT2D eigenvalue weighted by Gasteiger charge is 2.29. The van der Waals surface area contributed by atoms with Gasteiger partial charge in [0.2, 0.25) is 0 Å². The molecule has 0 aliphatic carbocycles. The molecule has 4 atom stereocenters. The molecule has 29 heteroatoms. The zero-order chi connectivity index (χ0) is 61.7. The van der Waals surface area contributed by atoms with Crippen LogP contribution in [0.5, 0.6) is 46.0 Å². The Hall–Kier alpha value is -9.16. The highest BCUT2D eigenvalue weighted by molar-refractivity contribution is 6.06. The predicted molar refractivity (Wildman–Crippen MR) is 303 cm³/mol. The minimum absolute atomic E-state index is 0.00893. The standard InChI is InChI=1S/C56H73N11O18/c1-84-27-28-85-26-21-63-54(81)38-10-7-33(41(68)44(38)71)49(76)58-16-4-6-32-30-67-25-20-62-53(80)35-9-8-34(42(69)43(35)70)50(77)59-17-22-66(24-19-61-52(79)37-12-14-40(56(83)65-32)48(75)46(37)73)23-18-60-51(78)36-11-13-39(47(74)45(36)72)55(82)64-31(29-67)5-2-3-15-57/h7-14,31-32,68-75H,2-6,15-30,57H2,1H3,(H,58,76)(H,59,77)(H,60,78)(H,61,79)(H,62,80)(H,63,81)(H,64,82)(H,65,83)/t31-,32-/m0/s1. The molecule has 8 amide bonds. The lowest BCUT2D eigenvalue weighted by Gasteiger charge is -2.32. The molecule has 0 saturated heterocycles. The quantitative estimate of drug-likeness (QED) is 0.0483. The number of aromatic hydroxyl groups is 8. The normalized spacial score (nSPS) is 18.6. The molecule has 0 aromatic heterocycles. The number of phenols is 8. The molecule has 12 aliphatic rings. The second-order valence-corrected chi connectivity index (χ2v) is 19.9. The lowest BCUT2D eigenvalue weighted by atomic mass is 10.0. The maximum atomic E-state index is 14.3. The maximum Gasteiger partial charge on any atom is 0.255 e. The molecule has 0 radical (unpaired) electrons. The fourth-order valence-corrected chi connectivity index (χ4v) is 9.39. The number of rotatable bonds is 16. The van der Waals surface area contributed by atoms with Crippen molar-refractivity contribution in [2.75, 3.05) is 112 Å². The van der Waals surface area contributed by atoms with E-state index in [0.29, 0.717) is 19.4 Å². The molecule has 16 rings (SSSR count). The number of phenolic OH excluding ortho intramolecular Hbond substituents is 8. The van der Waals surface area contributed by atoms with Crippen LogP contribution in [0.4, 0.5) is 0 Å². The van der Waals surface area contributed by atoms with Crippen LogP contribution >= 0.6 is 0 Å². The Kier molecular flexibility index (Phi) is 24.1. The second-order valence-electron chi connectivity index (χ2n) is 19.9. The highest BCUT2D eigenvalue weighted by Crippen LogP contribution is 2.36. The van der Waals surface area contributed by atoms with E-state index < -0.39 is 128 Å². The molecular weight excluding hydrogens is 1110 g/mol. The summed E-state index contributed by atoms with van der Waals surface area (Å²) < 4.78 is 10.2. The van der Waals surface area contributed by atoms with Crippen LogP contribution in [0.3, 0.4) is 0 Å². The van der Waals surface area contributed by atoms with Crippen molar-refractivity contribution in [3.05, 3.63) is 93.0 Å². The molecule has 85 heavy (non-hydrogen) atoms. The van der Waals surface area contributed by atoms with E-state index in [-0.39, 0.29) is 140 Å². The summed E-state index contributed by atoms with van der Waals surface area (Å²) in [6, 6.07) is 7.30. The number of nitrogens with zero attached hydrogens (tertiary/aromatic N) is 2. The van der Waals surface area contributed by atoms with E-state index in [9.17, 15) is 79.2 Å². The molecule has 29 nitrogen and oxygen atoms in total. The van der Waals surface area contributed by atoms with Crippen molar-refractivity contribution in [1.29, 1.82) is 0 Å². The summed E-state index contributed by atoms with van der Waals surface area (Å²) in [4.78, 5) is 112. The number of ether oxygens (including phenoxy) is 2. The van der Waals surface area contributed by atoms with E-state index in [1.54, 1.807) is 9.80 Å². The minimum atomic E-state index is -0.981. The van der Waals surface area contributed by atoms with Crippen molar-refractivity contribution >= 4 is 47.3 Å². The third-order valence-electron chi connectivity index (χ3n) is 14.0. The van der Waals surface area contributed by atoms with Gasteiger partial charge in [0.05, 0.1) is 64.3 Å². The number of hydrogen-bond donors (Lipinski definition) is 17. The molecular formula is C56H73N11O18. The number of nitrogens with two attached hydrogens (primary N) is 1. The van der Waals surface area contributed by atoms with E-state index in [2.05, 4.69) is 42.5 Å². The average molecular weight is 1190 g/mol. The third kappa shape index (κ3) is 17.5. The van der Waals surface area contributed by atoms with Gasteiger partial charge in [-0.25, -0.2) is 0 Å². The molecule has 460 valence electrons. The van der Waals surface area contributed by atoms with Gasteiger partial charge in [-0.2, -0.15) is 0 Å².